The first-order valence-corrected chi connectivity index (χ1v) is 4.58. The summed E-state index contributed by atoms with van der Waals surface area (Å²) in [5.74, 6) is -1.87. The van der Waals surface area contributed by atoms with Crippen molar-refractivity contribution in [2.45, 2.75) is 12.5 Å². The van der Waals surface area contributed by atoms with Gasteiger partial charge in [0.2, 0.25) is 6.10 Å². The van der Waals surface area contributed by atoms with Gasteiger partial charge in [-0.15, -0.1) is 0 Å². The van der Waals surface area contributed by atoms with Crippen molar-refractivity contribution < 1.29 is 19.5 Å². The molecule has 1 atom stereocenters. The largest absolute Gasteiger partial charge is 0.477 e. The molecular formula is C9H8N4O4. The van der Waals surface area contributed by atoms with Crippen molar-refractivity contribution in [2.75, 3.05) is 13.1 Å². The number of carbonyl (C=O) groups is 2. The van der Waals surface area contributed by atoms with Crippen molar-refractivity contribution in [3.63, 3.8) is 0 Å². The predicted octanol–water partition coefficient (Wildman–Crippen LogP) is -0.908. The number of amides is 1. The molecule has 0 aliphatic carbocycles. The maximum atomic E-state index is 11.7. The monoisotopic (exact) mass is 236 g/mol. The molecule has 1 aliphatic heterocycles. The molecule has 17 heavy (non-hydrogen) atoms. The summed E-state index contributed by atoms with van der Waals surface area (Å²) in [6, 6.07) is 3.47. The van der Waals surface area contributed by atoms with Crippen LogP contribution in [0.3, 0.4) is 0 Å². The molecule has 1 rings (SSSR count). The fourth-order valence-corrected chi connectivity index (χ4v) is 1.22. The van der Waals surface area contributed by atoms with Crippen LogP contribution in [0.5, 0.6) is 0 Å². The minimum atomic E-state index is -1.26. The van der Waals surface area contributed by atoms with Crippen molar-refractivity contribution in [3.8, 4) is 12.1 Å². The molecule has 1 aliphatic rings. The fourth-order valence-electron chi connectivity index (χ4n) is 1.22. The topological polar surface area (TPSA) is 127 Å². The van der Waals surface area contributed by atoms with Gasteiger partial charge >= 0.3 is 5.97 Å². The second kappa shape index (κ2) is 5.47. The Hall–Kier alpha value is -2.61. The molecule has 0 saturated carbocycles. The number of hydrogen-bond acceptors (Lipinski definition) is 6. The Bertz CT molecular complexity index is 429. The van der Waals surface area contributed by atoms with Gasteiger partial charge in [-0.3, -0.25) is 4.79 Å². The number of rotatable bonds is 4. The average Bonchev–Trinajstić information content (AvgIpc) is 2.77. The Morgan fingerprint density at radius 2 is 2.06 bits per heavy atom. The summed E-state index contributed by atoms with van der Waals surface area (Å²) < 4.78 is 0. The molecule has 0 fully saturated rings. The zero-order chi connectivity index (χ0) is 12.8. The maximum absolute atomic E-state index is 11.7. The maximum Gasteiger partial charge on any atom is 0.353 e. The van der Waals surface area contributed by atoms with Crippen LogP contribution in [0.1, 0.15) is 6.42 Å². The van der Waals surface area contributed by atoms with E-state index in [-0.39, 0.29) is 25.2 Å². The van der Waals surface area contributed by atoms with Crippen molar-refractivity contribution in [1.29, 1.82) is 10.5 Å². The number of nitrogens with zero attached hydrogens (tertiary/aromatic N) is 4. The average molecular weight is 236 g/mol. The first kappa shape index (κ1) is 12.5. The SMILES string of the molecule is N#CCN(CC#N)C(=O)C1CC(C(=O)O)=NO1. The molecule has 1 unspecified atom stereocenters. The van der Waals surface area contributed by atoms with Crippen LogP contribution in [0.25, 0.3) is 0 Å². The molecule has 0 aromatic rings. The first-order chi connectivity index (χ1) is 8.10. The minimum absolute atomic E-state index is 0.165. The van der Waals surface area contributed by atoms with Crippen LogP contribution in [-0.2, 0) is 14.4 Å². The van der Waals surface area contributed by atoms with Crippen LogP contribution < -0.4 is 0 Å². The fraction of sp³-hybridized carbons (Fsp3) is 0.444. The third kappa shape index (κ3) is 2.92. The molecule has 8 nitrogen and oxygen atoms in total. The van der Waals surface area contributed by atoms with Crippen LogP contribution in [0.2, 0.25) is 0 Å². The smallest absolute Gasteiger partial charge is 0.353 e. The number of carboxylic acids is 1. The molecular weight excluding hydrogens is 228 g/mol. The number of carboxylic acid groups (broad SMARTS) is 1. The summed E-state index contributed by atoms with van der Waals surface area (Å²) in [7, 11) is 0. The van der Waals surface area contributed by atoms with E-state index < -0.39 is 18.0 Å². The molecule has 0 spiro atoms. The van der Waals surface area contributed by atoms with Gasteiger partial charge in [0, 0.05) is 6.42 Å². The second-order valence-corrected chi connectivity index (χ2v) is 3.15. The van der Waals surface area contributed by atoms with Gasteiger partial charge in [-0.25, -0.2) is 4.79 Å². The van der Waals surface area contributed by atoms with Crippen molar-refractivity contribution in [3.05, 3.63) is 0 Å². The molecule has 8 heteroatoms. The van der Waals surface area contributed by atoms with E-state index in [2.05, 4.69) is 9.99 Å². The highest BCUT2D eigenvalue weighted by Crippen LogP contribution is 2.13. The summed E-state index contributed by atoms with van der Waals surface area (Å²) in [6.45, 7) is -0.511. The lowest BCUT2D eigenvalue weighted by atomic mass is 10.1. The number of aliphatic carboxylic acids is 1. The number of nitriles is 2. The first-order valence-electron chi connectivity index (χ1n) is 4.58. The van der Waals surface area contributed by atoms with E-state index in [0.29, 0.717) is 0 Å². The Morgan fingerprint density at radius 3 is 2.47 bits per heavy atom. The van der Waals surface area contributed by atoms with Gasteiger partial charge in [-0.05, 0) is 0 Å². The number of hydrogen-bond donors (Lipinski definition) is 1. The molecule has 1 heterocycles. The van der Waals surface area contributed by atoms with E-state index in [4.69, 9.17) is 15.6 Å². The van der Waals surface area contributed by atoms with Crippen molar-refractivity contribution >= 4 is 17.6 Å². The summed E-state index contributed by atoms with van der Waals surface area (Å²) in [4.78, 5) is 27.9. The van der Waals surface area contributed by atoms with E-state index in [9.17, 15) is 9.59 Å². The van der Waals surface area contributed by atoms with Crippen molar-refractivity contribution in [2.24, 2.45) is 5.16 Å². The molecule has 0 aromatic heterocycles. The van der Waals surface area contributed by atoms with Crippen molar-refractivity contribution in [1.82, 2.24) is 4.90 Å². The lowest BCUT2D eigenvalue weighted by molar-refractivity contribution is -0.140. The van der Waals surface area contributed by atoms with Gasteiger partial charge in [0.15, 0.2) is 5.71 Å². The Kier molecular flexibility index (Phi) is 4.01. The van der Waals surface area contributed by atoms with Crippen LogP contribution in [0, 0.1) is 22.7 Å². The minimum Gasteiger partial charge on any atom is -0.477 e. The normalized spacial score (nSPS) is 17.3. The lowest BCUT2D eigenvalue weighted by Gasteiger charge is -2.18. The Morgan fingerprint density at radius 1 is 1.47 bits per heavy atom. The van der Waals surface area contributed by atoms with Gasteiger partial charge in [0.25, 0.3) is 5.91 Å². The molecule has 0 radical (unpaired) electrons. The van der Waals surface area contributed by atoms with Gasteiger partial charge in [0.1, 0.15) is 13.1 Å². The molecule has 0 aromatic carbocycles. The summed E-state index contributed by atoms with van der Waals surface area (Å²) in [5.41, 5.74) is -0.253. The highest BCUT2D eigenvalue weighted by atomic mass is 16.6. The molecule has 88 valence electrons. The van der Waals surface area contributed by atoms with E-state index in [1.807, 2.05) is 0 Å². The number of carbonyl (C=O) groups excluding carboxylic acids is 1. The molecule has 0 saturated heterocycles. The van der Waals surface area contributed by atoms with Gasteiger partial charge in [0.05, 0.1) is 12.1 Å². The van der Waals surface area contributed by atoms with Crippen LogP contribution >= 0.6 is 0 Å². The zero-order valence-electron chi connectivity index (χ0n) is 8.66. The van der Waals surface area contributed by atoms with Crippen LogP contribution in [0.15, 0.2) is 5.16 Å². The van der Waals surface area contributed by atoms with E-state index in [1.54, 1.807) is 12.1 Å². The van der Waals surface area contributed by atoms with Gasteiger partial charge in [-0.2, -0.15) is 10.5 Å². The van der Waals surface area contributed by atoms with Crippen LogP contribution in [-0.4, -0.2) is 46.8 Å². The summed E-state index contributed by atoms with van der Waals surface area (Å²) in [5, 5.41) is 28.8. The third-order valence-electron chi connectivity index (χ3n) is 2.03. The van der Waals surface area contributed by atoms with E-state index >= 15 is 0 Å². The zero-order valence-corrected chi connectivity index (χ0v) is 8.66. The highest BCUT2D eigenvalue weighted by Gasteiger charge is 2.34. The second-order valence-electron chi connectivity index (χ2n) is 3.15. The summed E-state index contributed by atoms with van der Waals surface area (Å²) in [6.07, 6.45) is -1.23. The van der Waals surface area contributed by atoms with Crippen LogP contribution in [0.4, 0.5) is 0 Å². The van der Waals surface area contributed by atoms with Gasteiger partial charge < -0.3 is 14.8 Å². The number of oxime groups is 1. The standard InChI is InChI=1S/C9H8N4O4/c10-1-3-13(4-2-11)8(14)7-5-6(9(15)16)12-17-7/h7H,3-5H2,(H,15,16). The molecule has 1 N–H and O–H groups in total. The Balaban J connectivity index is 2.64. The quantitative estimate of drug-likeness (QED) is 0.629. The van der Waals surface area contributed by atoms with Gasteiger partial charge in [-0.1, -0.05) is 5.16 Å². The highest BCUT2D eigenvalue weighted by molar-refractivity contribution is 6.36. The lowest BCUT2D eigenvalue weighted by Crippen LogP contribution is -2.40. The molecule has 1 amide bonds. The Labute approximate surface area is 96.3 Å². The van der Waals surface area contributed by atoms with E-state index in [1.165, 1.54) is 0 Å². The molecule has 0 bridgehead atoms. The summed E-state index contributed by atoms with van der Waals surface area (Å²) >= 11 is 0. The predicted molar refractivity (Wildman–Crippen MR) is 52.4 cm³/mol. The van der Waals surface area contributed by atoms with E-state index in [0.717, 1.165) is 4.90 Å². The third-order valence-corrected chi connectivity index (χ3v) is 2.03.